The summed E-state index contributed by atoms with van der Waals surface area (Å²) in [4.78, 5) is 24.8. The van der Waals surface area contributed by atoms with Crippen LogP contribution in [0.3, 0.4) is 0 Å². The van der Waals surface area contributed by atoms with Crippen LogP contribution in [0.25, 0.3) is 0 Å². The summed E-state index contributed by atoms with van der Waals surface area (Å²) in [6.07, 6.45) is 9.33. The van der Waals surface area contributed by atoms with Gasteiger partial charge in [0.2, 0.25) is 0 Å². The number of carboxylic acid groups (broad SMARTS) is 1. The predicted octanol–water partition coefficient (Wildman–Crippen LogP) is 3.51. The van der Waals surface area contributed by atoms with Crippen molar-refractivity contribution in [3.8, 4) is 0 Å². The summed E-state index contributed by atoms with van der Waals surface area (Å²) >= 11 is 0. The molecule has 1 saturated heterocycles. The van der Waals surface area contributed by atoms with E-state index >= 15 is 0 Å². The average Bonchev–Trinajstić information content (AvgIpc) is 3.22. The first-order chi connectivity index (χ1) is 14.5. The zero-order valence-electron chi connectivity index (χ0n) is 19.3. The van der Waals surface area contributed by atoms with E-state index in [4.69, 9.17) is 4.74 Å². The Labute approximate surface area is 185 Å². The lowest BCUT2D eigenvalue weighted by atomic mass is 9.40. The van der Waals surface area contributed by atoms with Crippen molar-refractivity contribution in [3.05, 3.63) is 0 Å². The standard InChI is InChI=1S/C25H39NO5/c1-22-9-5-18-23(2)7-4-8-24(3,17(23)6-10-25(18,14-22)12-19(22)27)21(30)31-15-11-16(20(28)29)26-13-15/h15-19,26-27H,4-14H2,1-3H3,(H,28,29)/t15-,16+,17+,18+,19-,22+,23-,24-,25+/m1/s1. The van der Waals surface area contributed by atoms with Crippen molar-refractivity contribution in [1.82, 2.24) is 5.32 Å². The third-order valence-electron chi connectivity index (χ3n) is 10.7. The van der Waals surface area contributed by atoms with Crippen molar-refractivity contribution < 1.29 is 24.5 Å². The molecule has 0 aromatic rings. The zero-order valence-corrected chi connectivity index (χ0v) is 19.3. The molecule has 5 aliphatic rings. The van der Waals surface area contributed by atoms with Gasteiger partial charge in [-0.05, 0) is 86.4 Å². The van der Waals surface area contributed by atoms with Crippen LogP contribution in [-0.2, 0) is 14.3 Å². The first-order valence-electron chi connectivity index (χ1n) is 12.4. The summed E-state index contributed by atoms with van der Waals surface area (Å²) in [5, 5.41) is 23.0. The third kappa shape index (κ3) is 3.03. The molecule has 174 valence electrons. The van der Waals surface area contributed by atoms with Gasteiger partial charge in [-0.1, -0.05) is 20.3 Å². The van der Waals surface area contributed by atoms with Crippen LogP contribution in [0.1, 0.15) is 85.0 Å². The molecule has 31 heavy (non-hydrogen) atoms. The Hall–Kier alpha value is -1.14. The molecule has 6 nitrogen and oxygen atoms in total. The normalized spacial score (nSPS) is 53.5. The quantitative estimate of drug-likeness (QED) is 0.590. The Morgan fingerprint density at radius 1 is 1.03 bits per heavy atom. The fourth-order valence-corrected chi connectivity index (χ4v) is 9.24. The summed E-state index contributed by atoms with van der Waals surface area (Å²) in [6, 6.07) is -0.623. The number of fused-ring (bicyclic) bond motifs is 3. The molecule has 1 heterocycles. The molecule has 2 bridgehead atoms. The van der Waals surface area contributed by atoms with Gasteiger partial charge in [-0.3, -0.25) is 9.59 Å². The minimum Gasteiger partial charge on any atom is -0.480 e. The van der Waals surface area contributed by atoms with E-state index in [1.54, 1.807) is 0 Å². The maximum absolute atomic E-state index is 13.5. The van der Waals surface area contributed by atoms with Gasteiger partial charge in [0.05, 0.1) is 11.5 Å². The summed E-state index contributed by atoms with van der Waals surface area (Å²) in [6.45, 7) is 7.24. The number of nitrogens with one attached hydrogen (secondary N) is 1. The summed E-state index contributed by atoms with van der Waals surface area (Å²) in [5.74, 6) is -0.135. The Bertz CT molecular complexity index is 786. The van der Waals surface area contributed by atoms with Crippen LogP contribution in [0, 0.1) is 33.5 Å². The van der Waals surface area contributed by atoms with E-state index in [1.807, 2.05) is 0 Å². The van der Waals surface area contributed by atoms with Crippen molar-refractivity contribution in [2.45, 2.75) is 103 Å². The molecule has 9 atom stereocenters. The average molecular weight is 434 g/mol. The first-order valence-corrected chi connectivity index (χ1v) is 12.4. The van der Waals surface area contributed by atoms with Gasteiger partial charge in [0.25, 0.3) is 0 Å². The summed E-state index contributed by atoms with van der Waals surface area (Å²) < 4.78 is 5.95. The molecule has 5 fully saturated rings. The van der Waals surface area contributed by atoms with Gasteiger partial charge in [0.15, 0.2) is 0 Å². The van der Waals surface area contributed by atoms with Crippen LogP contribution in [0.4, 0.5) is 0 Å². The SMILES string of the molecule is C[C@@]12CC[C@@H]3[C@@](CC[C@H]4[C@@]3(C)CCC[C@@]4(C)C(=O)O[C@H]3CN[C@H](C(=O)O)C3)(C[C@H]1O)C2. The van der Waals surface area contributed by atoms with E-state index < -0.39 is 17.4 Å². The highest BCUT2D eigenvalue weighted by atomic mass is 16.5. The van der Waals surface area contributed by atoms with E-state index in [0.29, 0.717) is 24.8 Å². The minimum atomic E-state index is -0.879. The maximum Gasteiger partial charge on any atom is 0.320 e. The molecular weight excluding hydrogens is 394 g/mol. The zero-order chi connectivity index (χ0) is 22.2. The number of carboxylic acids is 1. The largest absolute Gasteiger partial charge is 0.480 e. The van der Waals surface area contributed by atoms with Crippen LogP contribution in [0.2, 0.25) is 0 Å². The molecule has 0 aromatic carbocycles. The van der Waals surface area contributed by atoms with Crippen molar-refractivity contribution in [1.29, 1.82) is 0 Å². The van der Waals surface area contributed by atoms with Crippen molar-refractivity contribution in [2.24, 2.45) is 33.5 Å². The monoisotopic (exact) mass is 433 g/mol. The molecule has 0 radical (unpaired) electrons. The fraction of sp³-hybridized carbons (Fsp3) is 0.920. The van der Waals surface area contributed by atoms with E-state index in [1.165, 1.54) is 6.42 Å². The van der Waals surface area contributed by atoms with Gasteiger partial charge in [-0.15, -0.1) is 0 Å². The molecule has 1 aliphatic heterocycles. The van der Waals surface area contributed by atoms with Gasteiger partial charge < -0.3 is 20.3 Å². The lowest BCUT2D eigenvalue weighted by Crippen LogP contribution is -2.59. The molecule has 3 N–H and O–H groups in total. The molecule has 4 aliphatic carbocycles. The molecule has 0 aromatic heterocycles. The number of aliphatic hydroxyl groups is 1. The number of carbonyl (C=O) groups excluding carboxylic acids is 1. The highest BCUT2D eigenvalue weighted by Crippen LogP contribution is 2.73. The number of hydrogen-bond acceptors (Lipinski definition) is 5. The highest BCUT2D eigenvalue weighted by Gasteiger charge is 2.68. The van der Waals surface area contributed by atoms with E-state index in [-0.39, 0.29) is 34.4 Å². The van der Waals surface area contributed by atoms with Crippen molar-refractivity contribution in [2.75, 3.05) is 6.54 Å². The number of ether oxygens (including phenoxy) is 1. The van der Waals surface area contributed by atoms with Crippen LogP contribution in [0.15, 0.2) is 0 Å². The second-order valence-corrected chi connectivity index (χ2v) is 12.4. The number of carbonyl (C=O) groups is 2. The maximum atomic E-state index is 13.5. The van der Waals surface area contributed by atoms with Gasteiger partial charge in [-0.2, -0.15) is 0 Å². The Morgan fingerprint density at radius 3 is 2.48 bits per heavy atom. The number of hydrogen-bond donors (Lipinski definition) is 3. The lowest BCUT2D eigenvalue weighted by molar-refractivity contribution is -0.191. The van der Waals surface area contributed by atoms with Crippen molar-refractivity contribution in [3.63, 3.8) is 0 Å². The fourth-order valence-electron chi connectivity index (χ4n) is 9.24. The molecule has 6 heteroatoms. The van der Waals surface area contributed by atoms with Crippen molar-refractivity contribution >= 4 is 11.9 Å². The summed E-state index contributed by atoms with van der Waals surface area (Å²) in [5.41, 5.74) is -0.0856. The number of esters is 1. The van der Waals surface area contributed by atoms with E-state index in [2.05, 4.69) is 26.1 Å². The number of aliphatic hydroxyl groups excluding tert-OH is 1. The molecule has 0 amide bonds. The van der Waals surface area contributed by atoms with Crippen LogP contribution >= 0.6 is 0 Å². The molecular formula is C25H39NO5. The summed E-state index contributed by atoms with van der Waals surface area (Å²) in [7, 11) is 0. The molecule has 1 spiro atoms. The van der Waals surface area contributed by atoms with Gasteiger partial charge >= 0.3 is 11.9 Å². The van der Waals surface area contributed by atoms with Crippen LogP contribution < -0.4 is 5.32 Å². The van der Waals surface area contributed by atoms with E-state index in [0.717, 1.165) is 51.4 Å². The van der Waals surface area contributed by atoms with Gasteiger partial charge in [-0.25, -0.2) is 0 Å². The first kappa shape index (κ1) is 21.7. The van der Waals surface area contributed by atoms with E-state index in [9.17, 15) is 19.8 Å². The molecule has 4 saturated carbocycles. The molecule has 5 rings (SSSR count). The lowest BCUT2D eigenvalue weighted by Gasteiger charge is -2.64. The number of aliphatic carboxylic acids is 1. The second kappa shape index (κ2) is 6.93. The third-order valence-corrected chi connectivity index (χ3v) is 10.7. The smallest absolute Gasteiger partial charge is 0.320 e. The minimum absolute atomic E-state index is 0.0761. The van der Waals surface area contributed by atoms with Crippen LogP contribution in [-0.4, -0.2) is 46.9 Å². The predicted molar refractivity (Wildman–Crippen MR) is 115 cm³/mol. The Balaban J connectivity index is 1.37. The van der Waals surface area contributed by atoms with Gasteiger partial charge in [0, 0.05) is 13.0 Å². The Kier molecular flexibility index (Phi) is 4.85. The topological polar surface area (TPSA) is 95.9 Å². The van der Waals surface area contributed by atoms with Gasteiger partial charge in [0.1, 0.15) is 12.1 Å². The molecule has 0 unspecified atom stereocenters. The second-order valence-electron chi connectivity index (χ2n) is 12.4. The van der Waals surface area contributed by atoms with Crippen LogP contribution in [0.5, 0.6) is 0 Å². The number of rotatable bonds is 3. The highest BCUT2D eigenvalue weighted by molar-refractivity contribution is 5.78. The Morgan fingerprint density at radius 2 is 1.77 bits per heavy atom.